The monoisotopic (exact) mass is 535 g/mol. The molecule has 1 atom stereocenters. The van der Waals surface area contributed by atoms with Crippen molar-refractivity contribution in [2.45, 2.75) is 26.8 Å². The average molecular weight is 536 g/mol. The van der Waals surface area contributed by atoms with Crippen LogP contribution in [0.15, 0.2) is 73.3 Å². The minimum absolute atomic E-state index is 0.00473. The molecule has 0 spiro atoms. The van der Waals surface area contributed by atoms with Gasteiger partial charge in [0, 0.05) is 28.1 Å². The quantitative estimate of drug-likeness (QED) is 0.206. The van der Waals surface area contributed by atoms with Gasteiger partial charge < -0.3 is 9.15 Å². The number of carbonyl (C=O) groups is 1. The molecule has 0 saturated heterocycles. The number of rotatable bonds is 6. The van der Waals surface area contributed by atoms with Crippen molar-refractivity contribution in [3.05, 3.63) is 105 Å². The summed E-state index contributed by atoms with van der Waals surface area (Å²) in [6, 6.07) is 11.4. The van der Waals surface area contributed by atoms with Crippen LogP contribution >= 0.6 is 22.7 Å². The summed E-state index contributed by atoms with van der Waals surface area (Å²) >= 11 is 2.65. The Morgan fingerprint density at radius 3 is 2.78 bits per heavy atom. The predicted molar refractivity (Wildman–Crippen MR) is 140 cm³/mol. The molecular formula is C26H21N3O6S2. The Kier molecular flexibility index (Phi) is 6.48. The van der Waals surface area contributed by atoms with Crippen LogP contribution in [0.5, 0.6) is 0 Å². The third-order valence-electron chi connectivity index (χ3n) is 5.92. The number of carbonyl (C=O) groups excluding carboxylic acids is 1. The Labute approximate surface area is 218 Å². The molecule has 1 unspecified atom stereocenters. The van der Waals surface area contributed by atoms with E-state index < -0.39 is 16.9 Å². The van der Waals surface area contributed by atoms with Crippen molar-refractivity contribution in [3.63, 3.8) is 0 Å². The highest BCUT2D eigenvalue weighted by atomic mass is 32.1. The summed E-state index contributed by atoms with van der Waals surface area (Å²) in [6.45, 7) is 5.36. The highest BCUT2D eigenvalue weighted by Crippen LogP contribution is 2.33. The largest absolute Gasteiger partial charge is 0.463 e. The molecule has 188 valence electrons. The maximum Gasteiger partial charge on any atom is 0.338 e. The van der Waals surface area contributed by atoms with Gasteiger partial charge in [-0.2, -0.15) is 0 Å². The third-order valence-corrected chi connectivity index (χ3v) is 7.83. The summed E-state index contributed by atoms with van der Waals surface area (Å²) < 4.78 is 13.1. The van der Waals surface area contributed by atoms with Gasteiger partial charge in [-0.05, 0) is 44.4 Å². The molecule has 9 nitrogen and oxygen atoms in total. The van der Waals surface area contributed by atoms with Crippen molar-refractivity contribution >= 4 is 40.4 Å². The molecule has 0 bridgehead atoms. The van der Waals surface area contributed by atoms with Crippen LogP contribution < -0.4 is 14.9 Å². The number of esters is 1. The molecule has 4 heterocycles. The molecular weight excluding hydrogens is 514 g/mol. The van der Waals surface area contributed by atoms with Crippen LogP contribution in [0.2, 0.25) is 0 Å². The van der Waals surface area contributed by atoms with Gasteiger partial charge in [-0.1, -0.05) is 29.5 Å². The van der Waals surface area contributed by atoms with Crippen LogP contribution in [0.3, 0.4) is 0 Å². The Morgan fingerprint density at radius 1 is 1.27 bits per heavy atom. The number of thiazole rings is 1. The van der Waals surface area contributed by atoms with E-state index in [9.17, 15) is 19.7 Å². The molecule has 4 aromatic rings. The number of ether oxygens (including phenoxy) is 1. The number of furan rings is 1. The van der Waals surface area contributed by atoms with Gasteiger partial charge in [0.05, 0.1) is 27.3 Å². The molecule has 0 saturated carbocycles. The van der Waals surface area contributed by atoms with Crippen LogP contribution in [0.4, 0.5) is 5.69 Å². The first-order chi connectivity index (χ1) is 17.8. The summed E-state index contributed by atoms with van der Waals surface area (Å²) in [4.78, 5) is 43.2. The molecule has 11 heteroatoms. The maximum atomic E-state index is 13.6. The number of hydrogen-bond donors (Lipinski definition) is 0. The summed E-state index contributed by atoms with van der Waals surface area (Å²) in [7, 11) is 0. The number of aryl methyl sites for hydroxylation is 1. The summed E-state index contributed by atoms with van der Waals surface area (Å²) in [5.41, 5.74) is 1.66. The van der Waals surface area contributed by atoms with Crippen LogP contribution in [0.25, 0.3) is 17.4 Å². The number of nitro groups is 1. The van der Waals surface area contributed by atoms with Gasteiger partial charge in [0.2, 0.25) is 0 Å². The molecule has 3 aromatic heterocycles. The van der Waals surface area contributed by atoms with Crippen LogP contribution in [-0.2, 0) is 9.53 Å². The lowest BCUT2D eigenvalue weighted by Crippen LogP contribution is -2.39. The smallest absolute Gasteiger partial charge is 0.338 e. The average Bonchev–Trinajstić information content (AvgIpc) is 3.61. The van der Waals surface area contributed by atoms with Gasteiger partial charge in [0.15, 0.2) is 4.80 Å². The van der Waals surface area contributed by atoms with Crippen molar-refractivity contribution in [2.24, 2.45) is 4.99 Å². The number of benzene rings is 1. The van der Waals surface area contributed by atoms with Crippen LogP contribution in [0, 0.1) is 17.0 Å². The zero-order valence-electron chi connectivity index (χ0n) is 20.1. The fraction of sp³-hybridized carbons (Fsp3) is 0.192. The highest BCUT2D eigenvalue weighted by molar-refractivity contribution is 7.10. The minimum Gasteiger partial charge on any atom is -0.463 e. The summed E-state index contributed by atoms with van der Waals surface area (Å²) in [6.07, 6.45) is 1.62. The maximum absolute atomic E-state index is 13.6. The van der Waals surface area contributed by atoms with Gasteiger partial charge >= 0.3 is 5.97 Å². The van der Waals surface area contributed by atoms with Crippen molar-refractivity contribution in [1.29, 1.82) is 0 Å². The first kappa shape index (κ1) is 24.6. The van der Waals surface area contributed by atoms with E-state index in [0.717, 1.165) is 4.88 Å². The number of nitrogens with zero attached hydrogens (tertiary/aromatic N) is 3. The SMILES string of the molecule is CCOC(=O)C1=C(C)N=c2s/c(=C\c3ccc(-c4ccc(C)c([N+](=O)[O-])c4)o3)c(=O)n2C1c1cccs1. The van der Waals surface area contributed by atoms with E-state index in [1.165, 1.54) is 33.3 Å². The summed E-state index contributed by atoms with van der Waals surface area (Å²) in [5, 5.41) is 13.2. The highest BCUT2D eigenvalue weighted by Gasteiger charge is 2.33. The van der Waals surface area contributed by atoms with E-state index in [-0.39, 0.29) is 17.9 Å². The van der Waals surface area contributed by atoms with Gasteiger partial charge in [0.1, 0.15) is 17.6 Å². The molecule has 5 rings (SSSR count). The fourth-order valence-corrected chi connectivity index (χ4v) is 6.03. The van der Waals surface area contributed by atoms with E-state index in [4.69, 9.17) is 9.15 Å². The van der Waals surface area contributed by atoms with Gasteiger partial charge in [-0.25, -0.2) is 9.79 Å². The Bertz CT molecular complexity index is 1740. The van der Waals surface area contributed by atoms with Crippen molar-refractivity contribution in [1.82, 2.24) is 4.57 Å². The van der Waals surface area contributed by atoms with E-state index in [1.54, 1.807) is 51.1 Å². The summed E-state index contributed by atoms with van der Waals surface area (Å²) in [5.74, 6) is 0.357. The van der Waals surface area contributed by atoms with Gasteiger partial charge in [0.25, 0.3) is 11.2 Å². The van der Waals surface area contributed by atoms with Crippen LogP contribution in [0.1, 0.15) is 36.1 Å². The number of aromatic nitrogens is 1. The second kappa shape index (κ2) is 9.75. The Hall–Kier alpha value is -4.09. The number of nitro benzene ring substituents is 1. The first-order valence-corrected chi connectivity index (χ1v) is 13.1. The molecule has 37 heavy (non-hydrogen) atoms. The molecule has 1 aliphatic heterocycles. The van der Waals surface area contributed by atoms with Gasteiger partial charge in [-0.15, -0.1) is 11.3 Å². The van der Waals surface area contributed by atoms with Crippen molar-refractivity contribution < 1.29 is 18.9 Å². The van der Waals surface area contributed by atoms with Crippen molar-refractivity contribution in [3.8, 4) is 11.3 Å². The second-order valence-corrected chi connectivity index (χ2v) is 10.3. The standard InChI is InChI=1S/C26H21N3O6S2/c1-4-34-25(31)22-15(3)27-26-28(23(22)20-6-5-11-36-20)24(30)21(37-26)13-17-9-10-19(35-17)16-8-7-14(2)18(12-16)29(32)33/h5-13,23H,4H2,1-3H3/b21-13-. The molecule has 0 radical (unpaired) electrons. The lowest BCUT2D eigenvalue weighted by atomic mass is 10.0. The lowest BCUT2D eigenvalue weighted by molar-refractivity contribution is -0.385. The lowest BCUT2D eigenvalue weighted by Gasteiger charge is -2.23. The zero-order chi connectivity index (χ0) is 26.3. The van der Waals surface area contributed by atoms with Crippen LogP contribution in [-0.4, -0.2) is 22.1 Å². The second-order valence-electron chi connectivity index (χ2n) is 8.28. The third kappa shape index (κ3) is 4.47. The Morgan fingerprint density at radius 2 is 2.08 bits per heavy atom. The fourth-order valence-electron chi connectivity index (χ4n) is 4.18. The first-order valence-electron chi connectivity index (χ1n) is 11.4. The topological polar surface area (TPSA) is 117 Å². The number of thiophene rings is 1. The molecule has 0 aliphatic carbocycles. The molecule has 0 fully saturated rings. The molecule has 0 N–H and O–H groups in total. The minimum atomic E-state index is -0.641. The molecule has 1 aromatic carbocycles. The molecule has 1 aliphatic rings. The predicted octanol–water partition coefficient (Wildman–Crippen LogP) is 4.34. The zero-order valence-corrected chi connectivity index (χ0v) is 21.7. The Balaban J connectivity index is 1.59. The van der Waals surface area contributed by atoms with Crippen molar-refractivity contribution in [2.75, 3.05) is 6.61 Å². The number of hydrogen-bond acceptors (Lipinski definition) is 9. The van der Waals surface area contributed by atoms with E-state index >= 15 is 0 Å². The van der Waals surface area contributed by atoms with E-state index in [0.29, 0.717) is 43.3 Å². The normalized spacial score (nSPS) is 15.4. The van der Waals surface area contributed by atoms with E-state index in [1.807, 2.05) is 17.5 Å². The van der Waals surface area contributed by atoms with E-state index in [2.05, 4.69) is 4.99 Å². The number of allylic oxidation sites excluding steroid dienone is 1. The van der Waals surface area contributed by atoms with Gasteiger partial charge in [-0.3, -0.25) is 19.5 Å². The molecule has 0 amide bonds. The number of fused-ring (bicyclic) bond motifs is 1.